The molecule has 2 heterocycles. The number of hydrogen-bond acceptors (Lipinski definition) is 3. The van der Waals surface area contributed by atoms with E-state index in [-0.39, 0.29) is 5.91 Å². The Morgan fingerprint density at radius 3 is 2.50 bits per heavy atom. The Bertz CT molecular complexity index is 1010. The topological polar surface area (TPSA) is 42.0 Å². The fourth-order valence-corrected chi connectivity index (χ4v) is 3.84. The predicted molar refractivity (Wildman–Crippen MR) is 101 cm³/mol. The highest BCUT2D eigenvalue weighted by molar-refractivity contribution is 7.20. The van der Waals surface area contributed by atoms with Crippen molar-refractivity contribution in [3.8, 4) is 0 Å². The van der Waals surface area contributed by atoms with Gasteiger partial charge in [0.25, 0.3) is 5.91 Å². The van der Waals surface area contributed by atoms with Crippen LogP contribution in [0.2, 0.25) is 0 Å². The molecule has 0 saturated carbocycles. The van der Waals surface area contributed by atoms with Gasteiger partial charge < -0.3 is 5.32 Å². The first kappa shape index (κ1) is 14.8. The number of rotatable bonds is 2. The SMILES string of the molecule is Cc1cc(C)cc(NC(=O)c2cc3cc4ccccc4nc3s2)c1. The number of aromatic nitrogens is 1. The molecule has 4 aromatic rings. The highest BCUT2D eigenvalue weighted by Crippen LogP contribution is 2.28. The maximum atomic E-state index is 12.6. The molecule has 0 unspecified atom stereocenters. The number of nitrogens with one attached hydrogen (secondary N) is 1. The molecule has 1 N–H and O–H groups in total. The largest absolute Gasteiger partial charge is 0.321 e. The molecule has 1 amide bonds. The van der Waals surface area contributed by atoms with Crippen LogP contribution in [0.3, 0.4) is 0 Å². The maximum absolute atomic E-state index is 12.6. The third-order valence-corrected chi connectivity index (χ3v) is 4.96. The normalized spacial score (nSPS) is 11.1. The molecule has 0 atom stereocenters. The lowest BCUT2D eigenvalue weighted by Crippen LogP contribution is -2.10. The predicted octanol–water partition coefficient (Wildman–Crippen LogP) is 5.32. The van der Waals surface area contributed by atoms with Crippen LogP contribution in [-0.2, 0) is 0 Å². The summed E-state index contributed by atoms with van der Waals surface area (Å²) < 4.78 is 0. The standard InChI is InChI=1S/C20H16N2OS/c1-12-7-13(2)9-16(8-12)21-19(23)18-11-15-10-14-5-3-4-6-17(14)22-20(15)24-18/h3-11H,1-2H3,(H,21,23). The number of amides is 1. The van der Waals surface area contributed by atoms with Crippen molar-refractivity contribution in [3.63, 3.8) is 0 Å². The average Bonchev–Trinajstić information content (AvgIpc) is 2.94. The first-order valence-electron chi connectivity index (χ1n) is 7.77. The van der Waals surface area contributed by atoms with Crippen LogP contribution in [0.15, 0.2) is 54.6 Å². The van der Waals surface area contributed by atoms with Crippen molar-refractivity contribution >= 4 is 44.1 Å². The van der Waals surface area contributed by atoms with Crippen molar-refractivity contribution in [2.75, 3.05) is 5.32 Å². The van der Waals surface area contributed by atoms with Gasteiger partial charge in [0.1, 0.15) is 4.83 Å². The second kappa shape index (κ2) is 5.73. The second-order valence-electron chi connectivity index (χ2n) is 6.02. The summed E-state index contributed by atoms with van der Waals surface area (Å²) in [6, 6.07) is 18.0. The van der Waals surface area contributed by atoms with Gasteiger partial charge in [-0.2, -0.15) is 0 Å². The van der Waals surface area contributed by atoms with Crippen LogP contribution in [0.5, 0.6) is 0 Å². The van der Waals surface area contributed by atoms with Gasteiger partial charge in [0.05, 0.1) is 10.4 Å². The summed E-state index contributed by atoms with van der Waals surface area (Å²) in [5, 5.41) is 5.08. The van der Waals surface area contributed by atoms with Crippen LogP contribution in [0.25, 0.3) is 21.1 Å². The van der Waals surface area contributed by atoms with E-state index >= 15 is 0 Å². The maximum Gasteiger partial charge on any atom is 0.265 e. The molecule has 0 radical (unpaired) electrons. The molecule has 0 aliphatic heterocycles. The van der Waals surface area contributed by atoms with Gasteiger partial charge >= 0.3 is 0 Å². The molecule has 2 aromatic heterocycles. The van der Waals surface area contributed by atoms with Crippen LogP contribution in [0.1, 0.15) is 20.8 Å². The Morgan fingerprint density at radius 1 is 0.958 bits per heavy atom. The quantitative estimate of drug-likeness (QED) is 0.540. The summed E-state index contributed by atoms with van der Waals surface area (Å²) in [6.45, 7) is 4.05. The molecule has 118 valence electrons. The van der Waals surface area contributed by atoms with Gasteiger partial charge in [-0.1, -0.05) is 24.3 Å². The van der Waals surface area contributed by atoms with Gasteiger partial charge in [-0.3, -0.25) is 4.79 Å². The Kier molecular flexibility index (Phi) is 3.54. The van der Waals surface area contributed by atoms with Gasteiger partial charge in [-0.15, -0.1) is 11.3 Å². The van der Waals surface area contributed by atoms with Crippen LogP contribution >= 0.6 is 11.3 Å². The Labute approximate surface area is 144 Å². The molecular weight excluding hydrogens is 316 g/mol. The summed E-state index contributed by atoms with van der Waals surface area (Å²) in [6.07, 6.45) is 0. The summed E-state index contributed by atoms with van der Waals surface area (Å²) in [5.41, 5.74) is 4.05. The zero-order valence-corrected chi connectivity index (χ0v) is 14.3. The minimum Gasteiger partial charge on any atom is -0.321 e. The van der Waals surface area contributed by atoms with Crippen LogP contribution < -0.4 is 5.32 Å². The zero-order valence-electron chi connectivity index (χ0n) is 13.5. The van der Waals surface area contributed by atoms with Crippen molar-refractivity contribution in [1.29, 1.82) is 0 Å². The number of hydrogen-bond donors (Lipinski definition) is 1. The van der Waals surface area contributed by atoms with Gasteiger partial charge in [-0.05, 0) is 55.3 Å². The van der Waals surface area contributed by atoms with E-state index in [4.69, 9.17) is 0 Å². The van der Waals surface area contributed by atoms with Gasteiger partial charge in [-0.25, -0.2) is 4.98 Å². The van der Waals surface area contributed by atoms with Crippen LogP contribution in [0, 0.1) is 13.8 Å². The number of thiophene rings is 1. The molecular formula is C20H16N2OS. The number of carbonyl (C=O) groups is 1. The number of anilines is 1. The molecule has 0 fully saturated rings. The van der Waals surface area contributed by atoms with Gasteiger partial charge in [0, 0.05) is 16.5 Å². The number of pyridine rings is 1. The van der Waals surface area contributed by atoms with E-state index in [1.165, 1.54) is 11.3 Å². The Balaban J connectivity index is 1.70. The van der Waals surface area contributed by atoms with E-state index in [1.807, 2.05) is 56.3 Å². The van der Waals surface area contributed by atoms with E-state index in [9.17, 15) is 4.79 Å². The van der Waals surface area contributed by atoms with Crippen molar-refractivity contribution in [2.24, 2.45) is 0 Å². The highest BCUT2D eigenvalue weighted by Gasteiger charge is 2.12. The first-order valence-corrected chi connectivity index (χ1v) is 8.59. The van der Waals surface area contributed by atoms with Crippen molar-refractivity contribution < 1.29 is 4.79 Å². The number of aryl methyl sites for hydroxylation is 2. The fraction of sp³-hybridized carbons (Fsp3) is 0.100. The lowest BCUT2D eigenvalue weighted by Gasteiger charge is -2.06. The molecule has 0 aliphatic rings. The number of fused-ring (bicyclic) bond motifs is 2. The first-order chi connectivity index (χ1) is 11.6. The lowest BCUT2D eigenvalue weighted by molar-refractivity contribution is 0.103. The van der Waals surface area contributed by atoms with Crippen molar-refractivity contribution in [2.45, 2.75) is 13.8 Å². The lowest BCUT2D eigenvalue weighted by atomic mass is 10.1. The van der Waals surface area contributed by atoms with Gasteiger partial charge in [0.15, 0.2) is 0 Å². The van der Waals surface area contributed by atoms with E-state index in [1.54, 1.807) is 0 Å². The molecule has 0 aliphatic carbocycles. The van der Waals surface area contributed by atoms with Crippen molar-refractivity contribution in [1.82, 2.24) is 4.98 Å². The smallest absolute Gasteiger partial charge is 0.265 e. The Morgan fingerprint density at radius 2 is 1.71 bits per heavy atom. The van der Waals surface area contributed by atoms with E-state index < -0.39 is 0 Å². The molecule has 24 heavy (non-hydrogen) atoms. The summed E-state index contributed by atoms with van der Waals surface area (Å²) >= 11 is 1.42. The average molecular weight is 332 g/mol. The summed E-state index contributed by atoms with van der Waals surface area (Å²) in [7, 11) is 0. The third-order valence-electron chi connectivity index (χ3n) is 3.91. The number of carbonyl (C=O) groups excluding carboxylic acids is 1. The second-order valence-corrected chi connectivity index (χ2v) is 7.05. The van der Waals surface area contributed by atoms with E-state index in [0.717, 1.165) is 37.9 Å². The number of nitrogens with zero attached hydrogens (tertiary/aromatic N) is 1. The zero-order chi connectivity index (χ0) is 16.7. The highest BCUT2D eigenvalue weighted by atomic mass is 32.1. The van der Waals surface area contributed by atoms with Crippen LogP contribution in [0.4, 0.5) is 5.69 Å². The van der Waals surface area contributed by atoms with Crippen LogP contribution in [-0.4, -0.2) is 10.9 Å². The fourth-order valence-electron chi connectivity index (χ4n) is 2.93. The summed E-state index contributed by atoms with van der Waals surface area (Å²) in [4.78, 5) is 18.8. The molecule has 0 spiro atoms. The number of para-hydroxylation sites is 1. The molecule has 3 nitrogen and oxygen atoms in total. The minimum atomic E-state index is -0.0907. The molecule has 2 aromatic carbocycles. The van der Waals surface area contributed by atoms with E-state index in [0.29, 0.717) is 4.88 Å². The monoisotopic (exact) mass is 332 g/mol. The Hall–Kier alpha value is -2.72. The third kappa shape index (κ3) is 2.76. The van der Waals surface area contributed by atoms with Crippen molar-refractivity contribution in [3.05, 3.63) is 70.6 Å². The molecule has 0 saturated heterocycles. The molecule has 4 rings (SSSR count). The van der Waals surface area contributed by atoms with E-state index in [2.05, 4.69) is 22.4 Å². The van der Waals surface area contributed by atoms with Gasteiger partial charge in [0.2, 0.25) is 0 Å². The minimum absolute atomic E-state index is 0.0907. The molecule has 0 bridgehead atoms. The molecule has 4 heteroatoms. The summed E-state index contributed by atoms with van der Waals surface area (Å²) in [5.74, 6) is -0.0907. The number of benzene rings is 2.